The maximum atomic E-state index is 6.40. The van der Waals surface area contributed by atoms with Crippen molar-refractivity contribution >= 4 is 11.6 Å². The lowest BCUT2D eigenvalue weighted by Crippen LogP contribution is -2.33. The standard InChI is InChI=1S/C16H24ClN/c1-16(2)9-8-12(11-18-3)14(10-16)13-6-4-5-7-15(13)17/h4-7,12,14,18H,8-11H2,1-3H3. The molecule has 1 N–H and O–H groups in total. The monoisotopic (exact) mass is 265 g/mol. The van der Waals surface area contributed by atoms with E-state index in [1.807, 2.05) is 19.2 Å². The van der Waals surface area contributed by atoms with Gasteiger partial charge < -0.3 is 5.32 Å². The van der Waals surface area contributed by atoms with E-state index in [4.69, 9.17) is 11.6 Å². The fourth-order valence-corrected chi connectivity index (χ4v) is 3.56. The third-order valence-electron chi connectivity index (χ3n) is 4.30. The van der Waals surface area contributed by atoms with Gasteiger partial charge in [0.1, 0.15) is 0 Å². The number of hydrogen-bond donors (Lipinski definition) is 1. The Labute approximate surface area is 116 Å². The maximum absolute atomic E-state index is 6.40. The van der Waals surface area contributed by atoms with Crippen LogP contribution < -0.4 is 5.32 Å². The van der Waals surface area contributed by atoms with Crippen LogP contribution in [0, 0.1) is 11.3 Å². The smallest absolute Gasteiger partial charge is 0.0440 e. The van der Waals surface area contributed by atoms with Crippen molar-refractivity contribution in [1.29, 1.82) is 0 Å². The van der Waals surface area contributed by atoms with E-state index >= 15 is 0 Å². The molecule has 1 saturated carbocycles. The van der Waals surface area contributed by atoms with Crippen LogP contribution in [0.1, 0.15) is 44.6 Å². The molecule has 1 aromatic rings. The molecule has 1 aromatic carbocycles. The molecule has 2 unspecified atom stereocenters. The average Bonchev–Trinajstić information content (AvgIpc) is 2.32. The Bertz CT molecular complexity index is 400. The third kappa shape index (κ3) is 3.07. The molecule has 2 rings (SSSR count). The lowest BCUT2D eigenvalue weighted by molar-refractivity contribution is 0.161. The summed E-state index contributed by atoms with van der Waals surface area (Å²) < 4.78 is 0. The van der Waals surface area contributed by atoms with Gasteiger partial charge in [0.15, 0.2) is 0 Å². The summed E-state index contributed by atoms with van der Waals surface area (Å²) in [5.41, 5.74) is 1.78. The van der Waals surface area contributed by atoms with E-state index in [0.717, 1.165) is 11.6 Å². The van der Waals surface area contributed by atoms with Gasteiger partial charge in [0.25, 0.3) is 0 Å². The van der Waals surface area contributed by atoms with Crippen LogP contribution in [0.5, 0.6) is 0 Å². The number of nitrogens with one attached hydrogen (secondary N) is 1. The van der Waals surface area contributed by atoms with Gasteiger partial charge in [0, 0.05) is 5.02 Å². The second-order valence-electron chi connectivity index (χ2n) is 6.35. The van der Waals surface area contributed by atoms with Gasteiger partial charge in [-0.3, -0.25) is 0 Å². The molecule has 18 heavy (non-hydrogen) atoms. The Balaban J connectivity index is 2.27. The molecule has 1 nitrogen and oxygen atoms in total. The van der Waals surface area contributed by atoms with Crippen molar-refractivity contribution in [1.82, 2.24) is 5.32 Å². The van der Waals surface area contributed by atoms with Crippen LogP contribution in [0.25, 0.3) is 0 Å². The number of rotatable bonds is 3. The predicted molar refractivity (Wildman–Crippen MR) is 79.2 cm³/mol. The Kier molecular flexibility index (Phi) is 4.34. The summed E-state index contributed by atoms with van der Waals surface area (Å²) in [6.45, 7) is 5.85. The highest BCUT2D eigenvalue weighted by Crippen LogP contribution is 2.47. The minimum atomic E-state index is 0.439. The molecule has 0 aromatic heterocycles. The maximum Gasteiger partial charge on any atom is 0.0440 e. The quantitative estimate of drug-likeness (QED) is 0.850. The van der Waals surface area contributed by atoms with Crippen LogP contribution in [0.2, 0.25) is 5.02 Å². The zero-order chi connectivity index (χ0) is 13.2. The topological polar surface area (TPSA) is 12.0 Å². The van der Waals surface area contributed by atoms with E-state index in [0.29, 0.717) is 17.3 Å². The first-order valence-corrected chi connectivity index (χ1v) is 7.30. The third-order valence-corrected chi connectivity index (χ3v) is 4.65. The second-order valence-corrected chi connectivity index (χ2v) is 6.76. The SMILES string of the molecule is CNCC1CCC(C)(C)CC1c1ccccc1Cl. The Morgan fingerprint density at radius 1 is 1.33 bits per heavy atom. The molecule has 0 heterocycles. The summed E-state index contributed by atoms with van der Waals surface area (Å²) in [5.74, 6) is 1.30. The molecule has 0 aliphatic heterocycles. The van der Waals surface area contributed by atoms with Crippen molar-refractivity contribution in [3.05, 3.63) is 34.9 Å². The molecule has 1 aliphatic carbocycles. The minimum Gasteiger partial charge on any atom is -0.319 e. The molecule has 0 saturated heterocycles. The van der Waals surface area contributed by atoms with Crippen molar-refractivity contribution in [3.63, 3.8) is 0 Å². The lowest BCUT2D eigenvalue weighted by Gasteiger charge is -2.41. The molecular weight excluding hydrogens is 242 g/mol. The first-order chi connectivity index (χ1) is 8.53. The molecule has 0 spiro atoms. The highest BCUT2D eigenvalue weighted by molar-refractivity contribution is 6.31. The first kappa shape index (κ1) is 13.9. The van der Waals surface area contributed by atoms with Crippen molar-refractivity contribution in [2.24, 2.45) is 11.3 Å². The van der Waals surface area contributed by atoms with Crippen molar-refractivity contribution in [2.45, 2.75) is 39.0 Å². The lowest BCUT2D eigenvalue weighted by atomic mass is 9.65. The first-order valence-electron chi connectivity index (χ1n) is 6.92. The van der Waals surface area contributed by atoms with E-state index in [1.165, 1.54) is 24.8 Å². The van der Waals surface area contributed by atoms with Crippen LogP contribution >= 0.6 is 11.6 Å². The fourth-order valence-electron chi connectivity index (χ4n) is 3.29. The van der Waals surface area contributed by atoms with Gasteiger partial charge in [-0.2, -0.15) is 0 Å². The largest absolute Gasteiger partial charge is 0.319 e. The Morgan fingerprint density at radius 2 is 2.06 bits per heavy atom. The van der Waals surface area contributed by atoms with Crippen LogP contribution in [0.3, 0.4) is 0 Å². The summed E-state index contributed by atoms with van der Waals surface area (Å²) in [6, 6.07) is 8.36. The Hall–Kier alpha value is -0.530. The molecule has 2 heteroatoms. The molecule has 100 valence electrons. The highest BCUT2D eigenvalue weighted by Gasteiger charge is 2.35. The molecule has 1 aliphatic rings. The molecule has 2 atom stereocenters. The molecule has 0 amide bonds. The van der Waals surface area contributed by atoms with Crippen LogP contribution in [0.15, 0.2) is 24.3 Å². The molecular formula is C16H24ClN. The predicted octanol–water partition coefficient (Wildman–Crippen LogP) is 4.47. The normalized spacial score (nSPS) is 27.1. The minimum absolute atomic E-state index is 0.439. The van der Waals surface area contributed by atoms with E-state index in [1.54, 1.807) is 0 Å². The number of benzene rings is 1. The average molecular weight is 266 g/mol. The Morgan fingerprint density at radius 3 is 2.72 bits per heavy atom. The zero-order valence-electron chi connectivity index (χ0n) is 11.7. The summed E-state index contributed by atoms with van der Waals surface area (Å²) in [4.78, 5) is 0. The van der Waals surface area contributed by atoms with E-state index in [9.17, 15) is 0 Å². The van der Waals surface area contributed by atoms with Gasteiger partial charge in [0.2, 0.25) is 0 Å². The van der Waals surface area contributed by atoms with Crippen molar-refractivity contribution < 1.29 is 0 Å². The van der Waals surface area contributed by atoms with Gasteiger partial charge in [0.05, 0.1) is 0 Å². The van der Waals surface area contributed by atoms with Crippen LogP contribution in [-0.2, 0) is 0 Å². The second kappa shape index (κ2) is 5.63. The van der Waals surface area contributed by atoms with Gasteiger partial charge >= 0.3 is 0 Å². The zero-order valence-corrected chi connectivity index (χ0v) is 12.4. The summed E-state index contributed by atoms with van der Waals surface area (Å²) in [5, 5.41) is 4.27. The van der Waals surface area contributed by atoms with Crippen LogP contribution in [-0.4, -0.2) is 13.6 Å². The van der Waals surface area contributed by atoms with E-state index < -0.39 is 0 Å². The number of halogens is 1. The van der Waals surface area contributed by atoms with E-state index in [-0.39, 0.29) is 0 Å². The molecule has 0 bridgehead atoms. The highest BCUT2D eigenvalue weighted by atomic mass is 35.5. The fraction of sp³-hybridized carbons (Fsp3) is 0.625. The summed E-state index contributed by atoms with van der Waals surface area (Å²) in [6.07, 6.45) is 3.85. The molecule has 0 radical (unpaired) electrons. The van der Waals surface area contributed by atoms with Crippen LogP contribution in [0.4, 0.5) is 0 Å². The molecule has 1 fully saturated rings. The number of hydrogen-bond acceptors (Lipinski definition) is 1. The van der Waals surface area contributed by atoms with Gasteiger partial charge in [-0.1, -0.05) is 43.6 Å². The van der Waals surface area contributed by atoms with E-state index in [2.05, 4.69) is 31.3 Å². The summed E-state index contributed by atoms with van der Waals surface area (Å²) >= 11 is 6.40. The summed E-state index contributed by atoms with van der Waals surface area (Å²) in [7, 11) is 2.05. The van der Waals surface area contributed by atoms with Gasteiger partial charge in [-0.15, -0.1) is 0 Å². The van der Waals surface area contributed by atoms with Crippen molar-refractivity contribution in [2.75, 3.05) is 13.6 Å². The van der Waals surface area contributed by atoms with Crippen molar-refractivity contribution in [3.8, 4) is 0 Å². The van der Waals surface area contributed by atoms with Gasteiger partial charge in [-0.05, 0) is 61.7 Å². The van der Waals surface area contributed by atoms with Gasteiger partial charge in [-0.25, -0.2) is 0 Å².